The third-order valence-electron chi connectivity index (χ3n) is 3.41. The fourth-order valence-corrected chi connectivity index (χ4v) is 2.61. The molecule has 0 bridgehead atoms. The Labute approximate surface area is 168 Å². The van der Waals surface area contributed by atoms with E-state index in [-0.39, 0.29) is 24.0 Å². The number of hydrazine groups is 1. The summed E-state index contributed by atoms with van der Waals surface area (Å²) < 4.78 is 5.44. The van der Waals surface area contributed by atoms with E-state index >= 15 is 0 Å². The van der Waals surface area contributed by atoms with Gasteiger partial charge in [-0.25, -0.2) is 0 Å². The van der Waals surface area contributed by atoms with E-state index in [1.54, 1.807) is 24.3 Å². The van der Waals surface area contributed by atoms with Crippen molar-refractivity contribution in [2.75, 3.05) is 6.61 Å². The standard InChI is InChI=1S/C19H20ClN3O3S/c1-12-7-13(2)9-16(8-12)26-11-18(25)22-23-19(27)21-17(24)10-14-3-5-15(20)6-4-14/h3-9H,10-11H2,1-2H3,(H,22,25)(H2,21,23,24,27). The highest BCUT2D eigenvalue weighted by Crippen LogP contribution is 2.15. The fraction of sp³-hybridized carbons (Fsp3) is 0.211. The van der Waals surface area contributed by atoms with Crippen LogP contribution in [0.25, 0.3) is 0 Å². The summed E-state index contributed by atoms with van der Waals surface area (Å²) in [5.74, 6) is -0.125. The van der Waals surface area contributed by atoms with Crippen molar-refractivity contribution in [2.24, 2.45) is 0 Å². The quantitative estimate of drug-likeness (QED) is 0.526. The average molecular weight is 406 g/mol. The van der Waals surface area contributed by atoms with Gasteiger partial charge in [0.25, 0.3) is 5.91 Å². The van der Waals surface area contributed by atoms with Gasteiger partial charge in [0, 0.05) is 5.02 Å². The van der Waals surface area contributed by atoms with Crippen molar-refractivity contribution in [3.05, 3.63) is 64.2 Å². The molecule has 0 fully saturated rings. The van der Waals surface area contributed by atoms with Crippen molar-refractivity contribution in [1.29, 1.82) is 0 Å². The number of benzene rings is 2. The molecule has 2 amide bonds. The zero-order valence-electron chi connectivity index (χ0n) is 15.0. The number of ether oxygens (including phenoxy) is 1. The molecule has 0 aliphatic rings. The average Bonchev–Trinajstić information content (AvgIpc) is 2.59. The Morgan fingerprint density at radius 2 is 1.63 bits per heavy atom. The van der Waals surface area contributed by atoms with Gasteiger partial charge in [0.1, 0.15) is 5.75 Å². The highest BCUT2D eigenvalue weighted by atomic mass is 35.5. The second kappa shape index (κ2) is 9.89. The normalized spacial score (nSPS) is 10.0. The van der Waals surface area contributed by atoms with E-state index in [0.29, 0.717) is 10.8 Å². The van der Waals surface area contributed by atoms with Crippen LogP contribution < -0.4 is 20.9 Å². The Balaban J connectivity index is 1.70. The lowest BCUT2D eigenvalue weighted by Crippen LogP contribution is -2.49. The molecule has 2 aromatic carbocycles. The van der Waals surface area contributed by atoms with Crippen LogP contribution >= 0.6 is 23.8 Å². The molecule has 2 aromatic rings. The predicted molar refractivity (Wildman–Crippen MR) is 109 cm³/mol. The van der Waals surface area contributed by atoms with Gasteiger partial charge in [-0.1, -0.05) is 29.8 Å². The van der Waals surface area contributed by atoms with Gasteiger partial charge in [0.2, 0.25) is 5.91 Å². The molecule has 0 saturated heterocycles. The monoisotopic (exact) mass is 405 g/mol. The van der Waals surface area contributed by atoms with Crippen molar-refractivity contribution < 1.29 is 14.3 Å². The van der Waals surface area contributed by atoms with E-state index in [1.165, 1.54) is 0 Å². The smallest absolute Gasteiger partial charge is 0.276 e. The van der Waals surface area contributed by atoms with Crippen LogP contribution in [0.3, 0.4) is 0 Å². The van der Waals surface area contributed by atoms with Crippen molar-refractivity contribution in [2.45, 2.75) is 20.3 Å². The molecule has 0 heterocycles. The Kier molecular flexibility index (Phi) is 7.57. The number of rotatable bonds is 5. The highest BCUT2D eigenvalue weighted by Gasteiger charge is 2.08. The number of thiocarbonyl (C=S) groups is 1. The molecule has 0 radical (unpaired) electrons. The number of hydrogen-bond donors (Lipinski definition) is 3. The summed E-state index contributed by atoms with van der Waals surface area (Å²) in [6, 6.07) is 12.6. The van der Waals surface area contributed by atoms with E-state index in [9.17, 15) is 9.59 Å². The summed E-state index contributed by atoms with van der Waals surface area (Å²) in [7, 11) is 0. The Morgan fingerprint density at radius 3 is 2.26 bits per heavy atom. The topological polar surface area (TPSA) is 79.5 Å². The van der Waals surface area contributed by atoms with E-state index < -0.39 is 5.91 Å². The molecule has 0 aliphatic carbocycles. The minimum atomic E-state index is -0.427. The first kappa shape index (κ1) is 20.7. The van der Waals surface area contributed by atoms with Crippen LogP contribution in [0.2, 0.25) is 5.02 Å². The maximum absolute atomic E-state index is 11.9. The number of amides is 2. The molecule has 0 atom stereocenters. The van der Waals surface area contributed by atoms with Crippen LogP contribution in [0.5, 0.6) is 5.75 Å². The van der Waals surface area contributed by atoms with Gasteiger partial charge in [-0.3, -0.25) is 20.4 Å². The SMILES string of the molecule is Cc1cc(C)cc(OCC(=O)NNC(=S)NC(=O)Cc2ccc(Cl)cc2)c1. The third kappa shape index (κ3) is 7.64. The molecule has 0 saturated carbocycles. The number of hydrogen-bond acceptors (Lipinski definition) is 4. The van der Waals surface area contributed by atoms with E-state index in [4.69, 9.17) is 28.6 Å². The van der Waals surface area contributed by atoms with Crippen molar-refractivity contribution in [3.8, 4) is 5.75 Å². The predicted octanol–water partition coefficient (Wildman–Crippen LogP) is 2.60. The maximum Gasteiger partial charge on any atom is 0.276 e. The summed E-state index contributed by atoms with van der Waals surface area (Å²) in [6.07, 6.45) is 0.142. The van der Waals surface area contributed by atoms with Crippen LogP contribution in [0.15, 0.2) is 42.5 Å². The molecular formula is C19H20ClN3O3S. The summed E-state index contributed by atoms with van der Waals surface area (Å²) >= 11 is 10.8. The molecule has 0 aliphatic heterocycles. The van der Waals surface area contributed by atoms with Crippen molar-refractivity contribution in [1.82, 2.24) is 16.2 Å². The summed E-state index contributed by atoms with van der Waals surface area (Å²) in [6.45, 7) is 3.72. The van der Waals surface area contributed by atoms with Crippen LogP contribution in [0.1, 0.15) is 16.7 Å². The number of aryl methyl sites for hydroxylation is 2. The molecule has 0 unspecified atom stereocenters. The molecule has 2 rings (SSSR count). The third-order valence-corrected chi connectivity index (χ3v) is 3.87. The zero-order valence-corrected chi connectivity index (χ0v) is 16.5. The van der Waals surface area contributed by atoms with E-state index in [0.717, 1.165) is 16.7 Å². The Hall–Kier alpha value is -2.64. The minimum Gasteiger partial charge on any atom is -0.484 e. The molecule has 8 heteroatoms. The number of carbonyl (C=O) groups is 2. The van der Waals surface area contributed by atoms with Crippen LogP contribution in [-0.2, 0) is 16.0 Å². The molecular weight excluding hydrogens is 386 g/mol. The number of carbonyl (C=O) groups excluding carboxylic acids is 2. The van der Waals surface area contributed by atoms with Gasteiger partial charge >= 0.3 is 0 Å². The van der Waals surface area contributed by atoms with Gasteiger partial charge in [-0.05, 0) is 67.0 Å². The minimum absolute atomic E-state index is 0.00582. The van der Waals surface area contributed by atoms with E-state index in [2.05, 4.69) is 16.2 Å². The molecule has 0 aromatic heterocycles. The highest BCUT2D eigenvalue weighted by molar-refractivity contribution is 7.80. The molecule has 6 nitrogen and oxygen atoms in total. The van der Waals surface area contributed by atoms with Gasteiger partial charge in [-0.2, -0.15) is 0 Å². The van der Waals surface area contributed by atoms with Crippen molar-refractivity contribution in [3.63, 3.8) is 0 Å². The van der Waals surface area contributed by atoms with Gasteiger partial charge in [-0.15, -0.1) is 0 Å². The number of halogens is 1. The fourth-order valence-electron chi connectivity index (χ4n) is 2.32. The lowest BCUT2D eigenvalue weighted by atomic mass is 10.1. The van der Waals surface area contributed by atoms with Crippen LogP contribution in [-0.4, -0.2) is 23.5 Å². The van der Waals surface area contributed by atoms with Crippen molar-refractivity contribution >= 4 is 40.7 Å². The first-order chi connectivity index (χ1) is 12.8. The van der Waals surface area contributed by atoms with Gasteiger partial charge < -0.3 is 10.1 Å². The molecule has 142 valence electrons. The second-order valence-corrected chi connectivity index (χ2v) is 6.81. The summed E-state index contributed by atoms with van der Waals surface area (Å²) in [5, 5.41) is 3.07. The lowest BCUT2D eigenvalue weighted by Gasteiger charge is -2.12. The first-order valence-corrected chi connectivity index (χ1v) is 8.94. The first-order valence-electron chi connectivity index (χ1n) is 8.16. The zero-order chi connectivity index (χ0) is 19.8. The largest absolute Gasteiger partial charge is 0.484 e. The molecule has 3 N–H and O–H groups in total. The second-order valence-electron chi connectivity index (χ2n) is 5.97. The van der Waals surface area contributed by atoms with Gasteiger partial charge in [0.15, 0.2) is 11.7 Å². The molecule has 0 spiro atoms. The summed E-state index contributed by atoms with van der Waals surface area (Å²) in [5.41, 5.74) is 7.73. The van der Waals surface area contributed by atoms with Crippen LogP contribution in [0.4, 0.5) is 0 Å². The number of nitrogens with one attached hydrogen (secondary N) is 3. The Morgan fingerprint density at radius 1 is 1.00 bits per heavy atom. The molecule has 27 heavy (non-hydrogen) atoms. The summed E-state index contributed by atoms with van der Waals surface area (Å²) in [4.78, 5) is 23.7. The Bertz CT molecular complexity index is 820. The lowest BCUT2D eigenvalue weighted by molar-refractivity contribution is -0.124. The van der Waals surface area contributed by atoms with Gasteiger partial charge in [0.05, 0.1) is 6.42 Å². The van der Waals surface area contributed by atoms with E-state index in [1.807, 2.05) is 32.0 Å². The maximum atomic E-state index is 11.9. The van der Waals surface area contributed by atoms with Crippen LogP contribution in [0, 0.1) is 13.8 Å².